The first-order valence-corrected chi connectivity index (χ1v) is 13.4. The van der Waals surface area contributed by atoms with E-state index >= 15 is 0 Å². The number of aryl methyl sites for hydroxylation is 1. The van der Waals surface area contributed by atoms with Crippen LogP contribution in [0.15, 0.2) is 60.9 Å². The third-order valence-corrected chi connectivity index (χ3v) is 7.35. The van der Waals surface area contributed by atoms with Crippen molar-refractivity contribution in [2.24, 2.45) is 0 Å². The van der Waals surface area contributed by atoms with E-state index in [0.29, 0.717) is 24.3 Å². The molecule has 4 bridgehead atoms. The molecule has 4 aromatic rings. The predicted octanol–water partition coefficient (Wildman–Crippen LogP) is 4.88. The second-order valence-electron chi connectivity index (χ2n) is 9.97. The van der Waals surface area contributed by atoms with Crippen LogP contribution >= 0.6 is 0 Å². The summed E-state index contributed by atoms with van der Waals surface area (Å²) in [5.74, 6) is -0.514. The summed E-state index contributed by atoms with van der Waals surface area (Å²) in [4.78, 5) is 30.5. The minimum Gasteiger partial charge on any atom is -0.375 e. The summed E-state index contributed by atoms with van der Waals surface area (Å²) < 4.78 is 10.7. The third-order valence-electron chi connectivity index (χ3n) is 7.35. The van der Waals surface area contributed by atoms with Gasteiger partial charge in [0, 0.05) is 72.0 Å². The molecule has 7 heteroatoms. The van der Waals surface area contributed by atoms with E-state index in [4.69, 9.17) is 4.74 Å². The molecule has 0 fully saturated rings. The second-order valence-corrected chi connectivity index (χ2v) is 9.97. The number of para-hydroxylation sites is 2. The van der Waals surface area contributed by atoms with Crippen molar-refractivity contribution >= 4 is 44.8 Å². The normalized spacial score (nSPS) is 18.2. The smallest absolute Gasteiger partial charge is 0.261 e. The number of hydrogen-bond acceptors (Lipinski definition) is 4. The molecule has 0 aliphatic carbocycles. The van der Waals surface area contributed by atoms with Gasteiger partial charge in [0.15, 0.2) is 0 Å². The van der Waals surface area contributed by atoms with Gasteiger partial charge in [0.2, 0.25) is 0 Å². The first kappa shape index (κ1) is 25.9. The van der Waals surface area contributed by atoms with E-state index in [0.717, 1.165) is 52.4 Å². The summed E-state index contributed by atoms with van der Waals surface area (Å²) in [6, 6.07) is 16.2. The van der Waals surface area contributed by atoms with Crippen LogP contribution in [0.4, 0.5) is 0 Å². The number of amides is 2. The largest absolute Gasteiger partial charge is 0.375 e. The van der Waals surface area contributed by atoms with Crippen LogP contribution in [0.1, 0.15) is 31.4 Å². The Balaban J connectivity index is 0.00000144. The van der Waals surface area contributed by atoms with Crippen LogP contribution in [0.25, 0.3) is 33.0 Å². The van der Waals surface area contributed by atoms with Crippen LogP contribution < -0.4 is 0 Å². The average molecular weight is 513 g/mol. The summed E-state index contributed by atoms with van der Waals surface area (Å²) in [6.45, 7) is 6.81. The lowest BCUT2D eigenvalue weighted by molar-refractivity contribution is -0.134. The molecule has 6 rings (SSSR count). The molecular weight excluding hydrogens is 476 g/mol. The van der Waals surface area contributed by atoms with E-state index in [9.17, 15) is 9.59 Å². The number of rotatable bonds is 2. The molecule has 2 aliphatic heterocycles. The molecule has 0 spiro atoms. The van der Waals surface area contributed by atoms with Gasteiger partial charge in [-0.3, -0.25) is 14.5 Å². The van der Waals surface area contributed by atoms with Crippen LogP contribution in [-0.2, 0) is 27.4 Å². The Hall–Kier alpha value is -3.68. The Morgan fingerprint density at radius 2 is 1.32 bits per heavy atom. The van der Waals surface area contributed by atoms with Gasteiger partial charge in [0.1, 0.15) is 0 Å². The molecule has 1 atom stereocenters. The van der Waals surface area contributed by atoms with Crippen molar-refractivity contribution in [2.45, 2.75) is 39.5 Å². The number of hydrogen-bond donors (Lipinski definition) is 0. The number of carbonyl (C=O) groups excluding carboxylic acids is 2. The molecule has 2 aliphatic rings. The zero-order valence-electron chi connectivity index (χ0n) is 22.9. The van der Waals surface area contributed by atoms with Crippen molar-refractivity contribution in [3.05, 3.63) is 72.1 Å². The molecule has 0 saturated carbocycles. The average Bonchev–Trinajstić information content (AvgIpc) is 3.54. The van der Waals surface area contributed by atoms with E-state index in [1.807, 2.05) is 62.6 Å². The maximum Gasteiger partial charge on any atom is 0.261 e. The highest BCUT2D eigenvalue weighted by molar-refractivity contribution is 6.50. The summed E-state index contributed by atoms with van der Waals surface area (Å²) in [7, 11) is 5.71. The fourth-order valence-corrected chi connectivity index (χ4v) is 5.64. The van der Waals surface area contributed by atoms with Gasteiger partial charge in [-0.25, -0.2) is 0 Å². The molecular formula is C31H36N4O3. The Bertz CT molecular complexity index is 1540. The van der Waals surface area contributed by atoms with Crippen molar-refractivity contribution in [1.29, 1.82) is 0 Å². The zero-order valence-corrected chi connectivity index (χ0v) is 22.9. The van der Waals surface area contributed by atoms with E-state index in [2.05, 4.69) is 40.3 Å². The molecule has 0 N–H and O–H groups in total. The van der Waals surface area contributed by atoms with Crippen LogP contribution in [-0.4, -0.2) is 71.1 Å². The number of fused-ring (bicyclic) bond motifs is 12. The van der Waals surface area contributed by atoms with Gasteiger partial charge in [-0.1, -0.05) is 50.2 Å². The van der Waals surface area contributed by atoms with Gasteiger partial charge < -0.3 is 18.8 Å². The standard InChI is InChI=1S/C29H30N4O3.C2H6/c1-30(2)16-19-12-13-32-17-22(20-8-4-6-10-24(20)32)26-27(29(35)31(3)28(26)34)23-18-33(14-15-36-19)25-11-7-5-9-21(23)25;1-2/h4-11,17-19H,12-16H2,1-3H3;1-2H3. The Morgan fingerprint density at radius 3 is 1.84 bits per heavy atom. The first-order valence-electron chi connectivity index (χ1n) is 13.4. The lowest BCUT2D eigenvalue weighted by atomic mass is 9.95. The molecule has 2 amide bonds. The Labute approximate surface area is 223 Å². The number of imide groups is 1. The third kappa shape index (κ3) is 4.36. The van der Waals surface area contributed by atoms with Crippen molar-refractivity contribution in [3.63, 3.8) is 0 Å². The molecule has 0 saturated heterocycles. The van der Waals surface area contributed by atoms with Crippen molar-refractivity contribution in [3.8, 4) is 0 Å². The fraction of sp³-hybridized carbons (Fsp3) is 0.355. The molecule has 198 valence electrons. The van der Waals surface area contributed by atoms with Crippen LogP contribution in [0.3, 0.4) is 0 Å². The SMILES string of the molecule is CC.CN(C)CC1CCn2cc(c3ccccc32)C2=C(C(=O)N(C)C2=O)c2cn(c3ccccc23)CCO1. The van der Waals surface area contributed by atoms with Gasteiger partial charge in [0.25, 0.3) is 11.8 Å². The number of aromatic nitrogens is 2. The van der Waals surface area contributed by atoms with E-state index in [1.165, 1.54) is 4.90 Å². The summed E-state index contributed by atoms with van der Waals surface area (Å²) >= 11 is 0. The van der Waals surface area contributed by atoms with Gasteiger partial charge in [-0.15, -0.1) is 0 Å². The fourth-order valence-electron chi connectivity index (χ4n) is 5.64. The molecule has 4 heterocycles. The van der Waals surface area contributed by atoms with Crippen molar-refractivity contribution in [2.75, 3.05) is 34.3 Å². The number of nitrogens with zero attached hydrogens (tertiary/aromatic N) is 4. The lowest BCUT2D eigenvalue weighted by Gasteiger charge is -2.22. The molecule has 2 aromatic heterocycles. The van der Waals surface area contributed by atoms with Crippen LogP contribution in [0.2, 0.25) is 0 Å². The summed E-state index contributed by atoms with van der Waals surface area (Å²) in [6.07, 6.45) is 4.97. The topological polar surface area (TPSA) is 59.7 Å². The van der Waals surface area contributed by atoms with Crippen molar-refractivity contribution in [1.82, 2.24) is 18.9 Å². The number of ether oxygens (including phenoxy) is 1. The number of likely N-dealkylation sites (N-methyl/N-ethyl adjacent to an activating group) is 2. The van der Waals surface area contributed by atoms with Gasteiger partial charge in [0.05, 0.1) is 23.9 Å². The lowest BCUT2D eigenvalue weighted by Crippen LogP contribution is -2.30. The van der Waals surface area contributed by atoms with Crippen LogP contribution in [0, 0.1) is 0 Å². The highest BCUT2D eigenvalue weighted by Gasteiger charge is 2.39. The van der Waals surface area contributed by atoms with Gasteiger partial charge in [-0.05, 0) is 32.6 Å². The maximum atomic E-state index is 13.6. The minimum absolute atomic E-state index is 0.0736. The molecule has 38 heavy (non-hydrogen) atoms. The Kier molecular flexibility index (Phi) is 7.23. The van der Waals surface area contributed by atoms with E-state index in [1.54, 1.807) is 7.05 Å². The van der Waals surface area contributed by atoms with Gasteiger partial charge >= 0.3 is 0 Å². The Morgan fingerprint density at radius 1 is 0.816 bits per heavy atom. The molecule has 0 radical (unpaired) electrons. The quantitative estimate of drug-likeness (QED) is 0.359. The molecule has 1 unspecified atom stereocenters. The highest BCUT2D eigenvalue weighted by Crippen LogP contribution is 2.41. The maximum absolute atomic E-state index is 13.6. The summed E-state index contributed by atoms with van der Waals surface area (Å²) in [5.41, 5.74) is 4.64. The molecule has 2 aromatic carbocycles. The number of benzene rings is 2. The monoisotopic (exact) mass is 512 g/mol. The summed E-state index contributed by atoms with van der Waals surface area (Å²) in [5, 5.41) is 1.94. The predicted molar refractivity (Wildman–Crippen MR) is 153 cm³/mol. The zero-order chi connectivity index (χ0) is 27.0. The minimum atomic E-state index is -0.260. The molecule has 7 nitrogen and oxygen atoms in total. The highest BCUT2D eigenvalue weighted by atomic mass is 16.5. The number of carbonyl (C=O) groups is 2. The van der Waals surface area contributed by atoms with E-state index in [-0.39, 0.29) is 17.9 Å². The van der Waals surface area contributed by atoms with E-state index < -0.39 is 0 Å². The van der Waals surface area contributed by atoms with Gasteiger partial charge in [-0.2, -0.15) is 0 Å². The van der Waals surface area contributed by atoms with Crippen LogP contribution in [0.5, 0.6) is 0 Å². The first-order chi connectivity index (χ1) is 18.4. The second kappa shape index (κ2) is 10.6. The van der Waals surface area contributed by atoms with Crippen molar-refractivity contribution < 1.29 is 14.3 Å².